The van der Waals surface area contributed by atoms with Crippen molar-refractivity contribution in [1.82, 2.24) is 4.98 Å². The molecule has 2 rings (SSSR count). The van der Waals surface area contributed by atoms with Crippen molar-refractivity contribution in [2.75, 3.05) is 0 Å². The summed E-state index contributed by atoms with van der Waals surface area (Å²) in [7, 11) is 0. The summed E-state index contributed by atoms with van der Waals surface area (Å²) in [5, 5.41) is 2.05. The summed E-state index contributed by atoms with van der Waals surface area (Å²) in [4.78, 5) is 4.41. The SMILES string of the molecule is Cc1ccnc2c(CBr)c(Br)ccc12. The van der Waals surface area contributed by atoms with Crippen LogP contribution in [0.15, 0.2) is 28.9 Å². The van der Waals surface area contributed by atoms with Gasteiger partial charge in [-0.1, -0.05) is 37.9 Å². The minimum absolute atomic E-state index is 0.821. The van der Waals surface area contributed by atoms with E-state index >= 15 is 0 Å². The van der Waals surface area contributed by atoms with Crippen molar-refractivity contribution in [2.24, 2.45) is 0 Å². The predicted octanol–water partition coefficient (Wildman–Crippen LogP) is 4.20. The zero-order valence-corrected chi connectivity index (χ0v) is 10.9. The van der Waals surface area contributed by atoms with Gasteiger partial charge in [-0.2, -0.15) is 0 Å². The smallest absolute Gasteiger partial charge is 0.0756 e. The molecule has 2 aromatic rings. The third-order valence-electron chi connectivity index (χ3n) is 2.31. The molecule has 1 aromatic heterocycles. The van der Waals surface area contributed by atoms with E-state index in [0.717, 1.165) is 15.3 Å². The van der Waals surface area contributed by atoms with Crippen LogP contribution in [0.3, 0.4) is 0 Å². The van der Waals surface area contributed by atoms with Crippen molar-refractivity contribution in [3.05, 3.63) is 40.0 Å². The number of pyridine rings is 1. The Morgan fingerprint density at radius 2 is 2.07 bits per heavy atom. The van der Waals surface area contributed by atoms with Gasteiger partial charge in [-0.15, -0.1) is 0 Å². The monoisotopic (exact) mass is 313 g/mol. The Balaban J connectivity index is 2.88. The van der Waals surface area contributed by atoms with Crippen LogP contribution in [0.2, 0.25) is 0 Å². The molecule has 0 unspecified atom stereocenters. The summed E-state index contributed by atoms with van der Waals surface area (Å²) in [5.41, 5.74) is 3.56. The van der Waals surface area contributed by atoms with Gasteiger partial charge in [0.1, 0.15) is 0 Å². The van der Waals surface area contributed by atoms with Crippen LogP contribution in [0.5, 0.6) is 0 Å². The topological polar surface area (TPSA) is 12.9 Å². The summed E-state index contributed by atoms with van der Waals surface area (Å²) in [6, 6.07) is 6.22. The van der Waals surface area contributed by atoms with Gasteiger partial charge < -0.3 is 0 Å². The molecule has 1 nitrogen and oxygen atoms in total. The fourth-order valence-corrected chi connectivity index (χ4v) is 2.92. The van der Waals surface area contributed by atoms with Crippen LogP contribution in [-0.2, 0) is 5.33 Å². The van der Waals surface area contributed by atoms with E-state index in [1.807, 2.05) is 12.3 Å². The molecular weight excluding hydrogens is 306 g/mol. The number of aromatic nitrogens is 1. The third kappa shape index (κ3) is 1.59. The quantitative estimate of drug-likeness (QED) is 0.719. The largest absolute Gasteiger partial charge is 0.256 e. The van der Waals surface area contributed by atoms with Crippen LogP contribution >= 0.6 is 31.9 Å². The van der Waals surface area contributed by atoms with Gasteiger partial charge in [-0.05, 0) is 24.6 Å². The second-order valence-corrected chi connectivity index (χ2v) is 4.60. The second-order valence-electron chi connectivity index (χ2n) is 3.18. The van der Waals surface area contributed by atoms with Gasteiger partial charge >= 0.3 is 0 Å². The van der Waals surface area contributed by atoms with Crippen molar-refractivity contribution in [2.45, 2.75) is 12.3 Å². The average Bonchev–Trinajstić information content (AvgIpc) is 2.18. The number of hydrogen-bond acceptors (Lipinski definition) is 1. The lowest BCUT2D eigenvalue weighted by Gasteiger charge is -2.06. The number of halogens is 2. The molecule has 0 aliphatic carbocycles. The molecule has 0 saturated carbocycles. The molecule has 0 radical (unpaired) electrons. The first-order valence-electron chi connectivity index (χ1n) is 4.32. The molecule has 0 aliphatic rings. The molecule has 1 aromatic carbocycles. The number of benzene rings is 1. The first kappa shape index (κ1) is 10.1. The van der Waals surface area contributed by atoms with E-state index in [2.05, 4.69) is 55.9 Å². The number of aryl methyl sites for hydroxylation is 1. The Morgan fingerprint density at radius 3 is 2.79 bits per heavy atom. The van der Waals surface area contributed by atoms with Crippen molar-refractivity contribution in [3.63, 3.8) is 0 Å². The first-order chi connectivity index (χ1) is 6.74. The Bertz CT molecular complexity index is 480. The Kier molecular flexibility index (Phi) is 2.88. The molecule has 72 valence electrons. The van der Waals surface area contributed by atoms with Crippen LogP contribution in [0.1, 0.15) is 11.1 Å². The fraction of sp³-hybridized carbons (Fsp3) is 0.182. The highest BCUT2D eigenvalue weighted by molar-refractivity contribution is 9.10. The number of nitrogens with zero attached hydrogens (tertiary/aromatic N) is 1. The maximum atomic E-state index is 4.41. The van der Waals surface area contributed by atoms with E-state index in [-0.39, 0.29) is 0 Å². The molecule has 0 saturated heterocycles. The molecular formula is C11H9Br2N. The minimum Gasteiger partial charge on any atom is -0.256 e. The van der Waals surface area contributed by atoms with Crippen LogP contribution in [-0.4, -0.2) is 4.98 Å². The lowest BCUT2D eigenvalue weighted by Crippen LogP contribution is -1.89. The highest BCUT2D eigenvalue weighted by Crippen LogP contribution is 2.28. The molecule has 0 fully saturated rings. The van der Waals surface area contributed by atoms with Crippen molar-refractivity contribution >= 4 is 42.8 Å². The zero-order chi connectivity index (χ0) is 10.1. The number of rotatable bonds is 1. The third-order valence-corrected chi connectivity index (χ3v) is 3.62. The average molecular weight is 315 g/mol. The van der Waals surface area contributed by atoms with Gasteiger partial charge in [0, 0.05) is 26.9 Å². The van der Waals surface area contributed by atoms with Crippen LogP contribution in [0.4, 0.5) is 0 Å². The van der Waals surface area contributed by atoms with E-state index < -0.39 is 0 Å². The summed E-state index contributed by atoms with van der Waals surface area (Å²) in [6.45, 7) is 2.11. The number of fused-ring (bicyclic) bond motifs is 1. The normalized spacial score (nSPS) is 10.8. The maximum absolute atomic E-state index is 4.41. The standard InChI is InChI=1S/C11H9Br2N/c1-7-4-5-14-11-8(7)2-3-10(13)9(11)6-12/h2-5H,6H2,1H3. The summed E-state index contributed by atoms with van der Waals surface area (Å²) in [5.74, 6) is 0. The van der Waals surface area contributed by atoms with Gasteiger partial charge in [-0.25, -0.2) is 0 Å². The molecule has 0 amide bonds. The zero-order valence-electron chi connectivity index (χ0n) is 7.72. The first-order valence-corrected chi connectivity index (χ1v) is 6.24. The van der Waals surface area contributed by atoms with Gasteiger partial charge in [-0.3, -0.25) is 4.98 Å². The lowest BCUT2D eigenvalue weighted by molar-refractivity contribution is 1.31. The molecule has 0 bridgehead atoms. The summed E-state index contributed by atoms with van der Waals surface area (Å²) < 4.78 is 1.11. The molecule has 14 heavy (non-hydrogen) atoms. The van der Waals surface area contributed by atoms with Crippen LogP contribution < -0.4 is 0 Å². The molecule has 0 spiro atoms. The minimum atomic E-state index is 0.821. The van der Waals surface area contributed by atoms with E-state index in [0.29, 0.717) is 0 Å². The van der Waals surface area contributed by atoms with E-state index in [9.17, 15) is 0 Å². The lowest BCUT2D eigenvalue weighted by atomic mass is 10.1. The number of alkyl halides is 1. The Hall–Kier alpha value is -0.410. The molecule has 0 N–H and O–H groups in total. The maximum Gasteiger partial charge on any atom is 0.0756 e. The van der Waals surface area contributed by atoms with Crippen molar-refractivity contribution in [3.8, 4) is 0 Å². The van der Waals surface area contributed by atoms with Gasteiger partial charge in [0.05, 0.1) is 5.52 Å². The molecule has 1 heterocycles. The molecule has 0 aliphatic heterocycles. The fourth-order valence-electron chi connectivity index (χ4n) is 1.52. The molecule has 3 heteroatoms. The Morgan fingerprint density at radius 1 is 1.29 bits per heavy atom. The van der Waals surface area contributed by atoms with Crippen LogP contribution in [0.25, 0.3) is 10.9 Å². The van der Waals surface area contributed by atoms with E-state index in [4.69, 9.17) is 0 Å². The van der Waals surface area contributed by atoms with Crippen LogP contribution in [0, 0.1) is 6.92 Å². The second kappa shape index (κ2) is 3.99. The van der Waals surface area contributed by atoms with E-state index in [1.165, 1.54) is 16.5 Å². The Labute approximate surface area is 99.8 Å². The highest BCUT2D eigenvalue weighted by Gasteiger charge is 2.06. The number of hydrogen-bond donors (Lipinski definition) is 0. The predicted molar refractivity (Wildman–Crippen MR) is 66.8 cm³/mol. The van der Waals surface area contributed by atoms with E-state index in [1.54, 1.807) is 0 Å². The van der Waals surface area contributed by atoms with Crippen molar-refractivity contribution in [1.29, 1.82) is 0 Å². The van der Waals surface area contributed by atoms with Gasteiger partial charge in [0.2, 0.25) is 0 Å². The van der Waals surface area contributed by atoms with Gasteiger partial charge in [0.15, 0.2) is 0 Å². The summed E-state index contributed by atoms with van der Waals surface area (Å²) in [6.07, 6.45) is 1.86. The summed E-state index contributed by atoms with van der Waals surface area (Å²) >= 11 is 7.02. The van der Waals surface area contributed by atoms with Crippen molar-refractivity contribution < 1.29 is 0 Å². The highest BCUT2D eigenvalue weighted by atomic mass is 79.9. The molecule has 0 atom stereocenters. The van der Waals surface area contributed by atoms with Gasteiger partial charge in [0.25, 0.3) is 0 Å².